The quantitative estimate of drug-likeness (QED) is 0.0343. The Hall–Kier alpha value is -1.59. The average molecular weight is 1020 g/mol. The fraction of sp³-hybridized carbons (Fsp3) is 0.955. The van der Waals surface area contributed by atoms with Crippen molar-refractivity contribution in [3.05, 3.63) is 0 Å². The monoisotopic (exact) mass is 1020 g/mol. The predicted octanol–water partition coefficient (Wildman–Crippen LogP) is 22.0. The fourth-order valence-electron chi connectivity index (χ4n) is 10.3. The molecule has 6 nitrogen and oxygen atoms in total. The van der Waals surface area contributed by atoms with E-state index in [1.54, 1.807) is 0 Å². The number of hydrogen-bond acceptors (Lipinski definition) is 6. The van der Waals surface area contributed by atoms with E-state index in [4.69, 9.17) is 14.2 Å². The molecule has 0 radical (unpaired) electrons. The average Bonchev–Trinajstić information content (AvgIpc) is 3.36. The molecule has 0 aromatic rings. The summed E-state index contributed by atoms with van der Waals surface area (Å²) in [6, 6.07) is 0. The second-order valence-corrected chi connectivity index (χ2v) is 23.7. The van der Waals surface area contributed by atoms with Crippen LogP contribution in [0.2, 0.25) is 0 Å². The zero-order valence-corrected chi connectivity index (χ0v) is 49.6. The Morgan fingerprint density at radius 1 is 0.264 bits per heavy atom. The summed E-state index contributed by atoms with van der Waals surface area (Å²) in [5.74, 6) is 0.882. The van der Waals surface area contributed by atoms with Gasteiger partial charge in [0.1, 0.15) is 13.2 Å². The van der Waals surface area contributed by atoms with Crippen molar-refractivity contribution in [1.82, 2.24) is 0 Å². The molecule has 0 unspecified atom stereocenters. The van der Waals surface area contributed by atoms with Crippen molar-refractivity contribution in [1.29, 1.82) is 0 Å². The first-order valence-corrected chi connectivity index (χ1v) is 32.7. The van der Waals surface area contributed by atoms with Crippen molar-refractivity contribution in [3.8, 4) is 0 Å². The molecule has 0 rings (SSSR count). The topological polar surface area (TPSA) is 78.9 Å². The van der Waals surface area contributed by atoms with Gasteiger partial charge in [-0.25, -0.2) is 0 Å². The van der Waals surface area contributed by atoms with Crippen LogP contribution in [0.1, 0.15) is 375 Å². The maximum atomic E-state index is 12.9. The zero-order valence-electron chi connectivity index (χ0n) is 49.6. The fourth-order valence-corrected chi connectivity index (χ4v) is 10.3. The maximum Gasteiger partial charge on any atom is 0.306 e. The Bertz CT molecular complexity index is 1100. The minimum Gasteiger partial charge on any atom is -0.462 e. The standard InChI is InChI=1S/C66H128O6/c1-6-7-8-9-10-11-12-13-26-31-36-41-46-51-56-64(67)70-59-63(72-66(69)58-53-48-43-38-33-28-23-19-18-21-25-30-35-40-45-50-55-62(4)5)60-71-65(68)57-52-47-42-37-32-27-22-17-15-14-16-20-24-29-34-39-44-49-54-61(2)3/h61-63H,6-60H2,1-5H3/t63-/m0/s1. The van der Waals surface area contributed by atoms with Crippen LogP contribution < -0.4 is 0 Å². The summed E-state index contributed by atoms with van der Waals surface area (Å²) in [4.78, 5) is 38.3. The minimum absolute atomic E-state index is 0.0616. The lowest BCUT2D eigenvalue weighted by molar-refractivity contribution is -0.167. The van der Waals surface area contributed by atoms with Gasteiger partial charge in [-0.2, -0.15) is 0 Å². The zero-order chi connectivity index (χ0) is 52.5. The van der Waals surface area contributed by atoms with Crippen LogP contribution in [0.3, 0.4) is 0 Å². The van der Waals surface area contributed by atoms with Crippen molar-refractivity contribution >= 4 is 17.9 Å². The lowest BCUT2D eigenvalue weighted by atomic mass is 10.0. The summed E-state index contributed by atoms with van der Waals surface area (Å²) in [6.45, 7) is 11.5. The molecule has 0 aliphatic carbocycles. The summed E-state index contributed by atoms with van der Waals surface area (Å²) in [6.07, 6.45) is 65.4. The normalized spacial score (nSPS) is 12.0. The van der Waals surface area contributed by atoms with Crippen molar-refractivity contribution in [2.24, 2.45) is 11.8 Å². The summed E-state index contributed by atoms with van der Waals surface area (Å²) < 4.78 is 17.0. The molecule has 0 saturated heterocycles. The maximum absolute atomic E-state index is 12.9. The molecule has 0 bridgehead atoms. The lowest BCUT2D eigenvalue weighted by Gasteiger charge is -2.18. The van der Waals surface area contributed by atoms with Crippen LogP contribution in [0.15, 0.2) is 0 Å². The molecule has 0 N–H and O–H groups in total. The van der Waals surface area contributed by atoms with E-state index in [-0.39, 0.29) is 31.1 Å². The van der Waals surface area contributed by atoms with E-state index in [0.717, 1.165) is 69.6 Å². The number of ether oxygens (including phenoxy) is 3. The highest BCUT2D eigenvalue weighted by molar-refractivity contribution is 5.71. The third kappa shape index (κ3) is 59.3. The molecule has 0 aromatic carbocycles. The minimum atomic E-state index is -0.763. The molecule has 72 heavy (non-hydrogen) atoms. The predicted molar refractivity (Wildman–Crippen MR) is 312 cm³/mol. The molecule has 0 aliphatic rings. The molecule has 0 amide bonds. The SMILES string of the molecule is CCCCCCCCCCCCCCCCC(=O)OC[C@@H](COC(=O)CCCCCCCCCCCCCCCCCCCCC(C)C)OC(=O)CCCCCCCCCCCCCCCCCCC(C)C. The van der Waals surface area contributed by atoms with E-state index >= 15 is 0 Å². The van der Waals surface area contributed by atoms with Gasteiger partial charge in [0, 0.05) is 19.3 Å². The van der Waals surface area contributed by atoms with Gasteiger partial charge < -0.3 is 14.2 Å². The highest BCUT2D eigenvalue weighted by atomic mass is 16.6. The first kappa shape index (κ1) is 70.4. The Balaban J connectivity index is 4.25. The van der Waals surface area contributed by atoms with E-state index in [0.29, 0.717) is 19.3 Å². The van der Waals surface area contributed by atoms with Gasteiger partial charge in [0.15, 0.2) is 6.10 Å². The smallest absolute Gasteiger partial charge is 0.306 e. The highest BCUT2D eigenvalue weighted by Crippen LogP contribution is 2.19. The van der Waals surface area contributed by atoms with Gasteiger partial charge in [-0.15, -0.1) is 0 Å². The first-order chi connectivity index (χ1) is 35.2. The molecule has 6 heteroatoms. The van der Waals surface area contributed by atoms with E-state index in [2.05, 4.69) is 34.6 Å². The van der Waals surface area contributed by atoms with E-state index in [1.807, 2.05) is 0 Å². The molecule has 0 spiro atoms. The summed E-state index contributed by atoms with van der Waals surface area (Å²) >= 11 is 0. The van der Waals surface area contributed by atoms with Crippen molar-refractivity contribution in [2.75, 3.05) is 13.2 Å². The Morgan fingerprint density at radius 2 is 0.458 bits per heavy atom. The van der Waals surface area contributed by atoms with Gasteiger partial charge in [0.2, 0.25) is 0 Å². The number of carbonyl (C=O) groups is 3. The first-order valence-electron chi connectivity index (χ1n) is 32.7. The van der Waals surface area contributed by atoms with E-state index in [1.165, 1.54) is 263 Å². The van der Waals surface area contributed by atoms with Crippen LogP contribution in [0.4, 0.5) is 0 Å². The molecule has 0 saturated carbocycles. The van der Waals surface area contributed by atoms with Gasteiger partial charge in [0.25, 0.3) is 0 Å². The van der Waals surface area contributed by atoms with Gasteiger partial charge in [-0.3, -0.25) is 14.4 Å². The largest absolute Gasteiger partial charge is 0.462 e. The van der Waals surface area contributed by atoms with Gasteiger partial charge in [-0.1, -0.05) is 336 Å². The number of esters is 3. The summed E-state index contributed by atoms with van der Waals surface area (Å²) in [5, 5.41) is 0. The number of hydrogen-bond donors (Lipinski definition) is 0. The van der Waals surface area contributed by atoms with Crippen LogP contribution in [-0.2, 0) is 28.6 Å². The molecule has 0 aliphatic heterocycles. The number of carbonyl (C=O) groups excluding carboxylic acids is 3. The molecular formula is C66H128O6. The van der Waals surface area contributed by atoms with Crippen LogP contribution in [0, 0.1) is 11.8 Å². The van der Waals surface area contributed by atoms with Crippen molar-refractivity contribution in [3.63, 3.8) is 0 Å². The third-order valence-electron chi connectivity index (χ3n) is 15.2. The molecule has 1 atom stereocenters. The van der Waals surface area contributed by atoms with E-state index < -0.39 is 6.10 Å². The van der Waals surface area contributed by atoms with Crippen LogP contribution in [0.5, 0.6) is 0 Å². The number of rotatable bonds is 60. The van der Waals surface area contributed by atoms with E-state index in [9.17, 15) is 14.4 Å². The highest BCUT2D eigenvalue weighted by Gasteiger charge is 2.19. The van der Waals surface area contributed by atoms with Crippen LogP contribution >= 0.6 is 0 Å². The van der Waals surface area contributed by atoms with Crippen LogP contribution in [-0.4, -0.2) is 37.2 Å². The Labute approximate surface area is 450 Å². The summed E-state index contributed by atoms with van der Waals surface area (Å²) in [7, 11) is 0. The number of unbranched alkanes of at least 4 members (excludes halogenated alkanes) is 45. The van der Waals surface area contributed by atoms with Crippen molar-refractivity contribution in [2.45, 2.75) is 381 Å². The lowest BCUT2D eigenvalue weighted by Crippen LogP contribution is -2.30. The molecule has 0 fully saturated rings. The Morgan fingerprint density at radius 3 is 0.681 bits per heavy atom. The Kier molecular flexibility index (Phi) is 57.4. The van der Waals surface area contributed by atoms with Crippen LogP contribution in [0.25, 0.3) is 0 Å². The second kappa shape index (κ2) is 58.7. The second-order valence-electron chi connectivity index (χ2n) is 23.7. The van der Waals surface area contributed by atoms with Gasteiger partial charge in [-0.05, 0) is 31.1 Å². The molecule has 0 heterocycles. The summed E-state index contributed by atoms with van der Waals surface area (Å²) in [5.41, 5.74) is 0. The molecule has 428 valence electrons. The molecule has 0 aromatic heterocycles. The molecular weight excluding hydrogens is 889 g/mol. The van der Waals surface area contributed by atoms with Crippen molar-refractivity contribution < 1.29 is 28.6 Å². The van der Waals surface area contributed by atoms with Gasteiger partial charge >= 0.3 is 17.9 Å². The van der Waals surface area contributed by atoms with Gasteiger partial charge in [0.05, 0.1) is 0 Å². The third-order valence-corrected chi connectivity index (χ3v) is 15.2.